The molecule has 17 heavy (non-hydrogen) atoms. The fourth-order valence-corrected chi connectivity index (χ4v) is 5.35. The summed E-state index contributed by atoms with van der Waals surface area (Å²) in [7, 11) is 0. The van der Waals surface area contributed by atoms with Crippen molar-refractivity contribution in [2.45, 2.75) is 53.1 Å². The van der Waals surface area contributed by atoms with Crippen molar-refractivity contribution in [2.24, 2.45) is 34.5 Å². The topological polar surface area (TPSA) is 37.3 Å². The molecule has 96 valence electrons. The summed E-state index contributed by atoms with van der Waals surface area (Å²) in [6.07, 6.45) is 2.83. The van der Waals surface area contributed by atoms with Gasteiger partial charge >= 0.3 is 0 Å². The predicted molar refractivity (Wildman–Crippen MR) is 66.4 cm³/mol. The minimum Gasteiger partial charge on any atom is -0.392 e. The van der Waals surface area contributed by atoms with Crippen LogP contribution in [0.4, 0.5) is 0 Å². The van der Waals surface area contributed by atoms with Gasteiger partial charge in [0.1, 0.15) is 5.78 Å². The molecular weight excluding hydrogens is 212 g/mol. The Morgan fingerprint density at radius 1 is 1.29 bits per heavy atom. The molecule has 0 aromatic carbocycles. The van der Waals surface area contributed by atoms with Gasteiger partial charge in [-0.1, -0.05) is 27.7 Å². The average molecular weight is 236 g/mol. The van der Waals surface area contributed by atoms with Crippen LogP contribution >= 0.6 is 0 Å². The zero-order chi connectivity index (χ0) is 12.6. The highest BCUT2D eigenvalue weighted by molar-refractivity contribution is 5.84. The van der Waals surface area contributed by atoms with Crippen LogP contribution < -0.4 is 0 Å². The SMILES string of the molecule is C[C@H]1C(=O)CC2CC3CC(C)(C)[C@@H](O)C3[C@]21C. The van der Waals surface area contributed by atoms with Crippen LogP contribution in [0.2, 0.25) is 0 Å². The zero-order valence-corrected chi connectivity index (χ0v) is 11.4. The monoisotopic (exact) mass is 236 g/mol. The van der Waals surface area contributed by atoms with Crippen molar-refractivity contribution in [3.8, 4) is 0 Å². The Labute approximate surface area is 104 Å². The Kier molecular flexibility index (Phi) is 2.16. The van der Waals surface area contributed by atoms with Crippen molar-refractivity contribution in [1.29, 1.82) is 0 Å². The van der Waals surface area contributed by atoms with E-state index in [4.69, 9.17) is 0 Å². The summed E-state index contributed by atoms with van der Waals surface area (Å²) in [4.78, 5) is 12.0. The second-order valence-corrected chi connectivity index (χ2v) is 7.61. The van der Waals surface area contributed by atoms with Gasteiger partial charge in [0.25, 0.3) is 0 Å². The highest BCUT2D eigenvalue weighted by Gasteiger charge is 2.66. The van der Waals surface area contributed by atoms with Crippen molar-refractivity contribution in [1.82, 2.24) is 0 Å². The Morgan fingerprint density at radius 3 is 2.59 bits per heavy atom. The molecule has 0 spiro atoms. The number of hydrogen-bond acceptors (Lipinski definition) is 2. The maximum atomic E-state index is 12.0. The lowest BCUT2D eigenvalue weighted by Crippen LogP contribution is -2.41. The van der Waals surface area contributed by atoms with Gasteiger partial charge in [0.2, 0.25) is 0 Å². The van der Waals surface area contributed by atoms with Crippen molar-refractivity contribution in [2.75, 3.05) is 0 Å². The molecule has 3 aliphatic carbocycles. The minimum absolute atomic E-state index is 0.0364. The number of fused-ring (bicyclic) bond motifs is 3. The van der Waals surface area contributed by atoms with Gasteiger partial charge in [-0.05, 0) is 41.4 Å². The third-order valence-electron chi connectivity index (χ3n) is 6.49. The number of rotatable bonds is 0. The molecule has 3 saturated carbocycles. The highest BCUT2D eigenvalue weighted by atomic mass is 16.3. The van der Waals surface area contributed by atoms with Crippen LogP contribution in [0, 0.1) is 34.5 Å². The van der Waals surface area contributed by atoms with E-state index in [1.807, 2.05) is 0 Å². The Hall–Kier alpha value is -0.370. The molecule has 6 atom stereocenters. The molecule has 0 aromatic rings. The predicted octanol–water partition coefficient (Wildman–Crippen LogP) is 2.64. The van der Waals surface area contributed by atoms with Gasteiger partial charge < -0.3 is 5.11 Å². The Balaban J connectivity index is 2.01. The molecule has 0 heterocycles. The second kappa shape index (κ2) is 3.14. The van der Waals surface area contributed by atoms with E-state index in [2.05, 4.69) is 27.7 Å². The summed E-state index contributed by atoms with van der Waals surface area (Å²) in [6.45, 7) is 8.71. The van der Waals surface area contributed by atoms with Gasteiger partial charge in [-0.2, -0.15) is 0 Å². The molecule has 2 nitrogen and oxygen atoms in total. The van der Waals surface area contributed by atoms with Gasteiger partial charge in [-0.15, -0.1) is 0 Å². The molecule has 1 N–H and O–H groups in total. The fourth-order valence-electron chi connectivity index (χ4n) is 5.35. The molecule has 0 aliphatic heterocycles. The largest absolute Gasteiger partial charge is 0.392 e. The molecular formula is C15H24O2. The number of aliphatic hydroxyl groups excluding tert-OH is 1. The van der Waals surface area contributed by atoms with Crippen LogP contribution in [0.3, 0.4) is 0 Å². The van der Waals surface area contributed by atoms with Crippen LogP contribution in [-0.4, -0.2) is 17.0 Å². The van der Waals surface area contributed by atoms with Crippen LogP contribution in [0.15, 0.2) is 0 Å². The first-order valence-corrected chi connectivity index (χ1v) is 6.99. The smallest absolute Gasteiger partial charge is 0.136 e. The van der Waals surface area contributed by atoms with Crippen molar-refractivity contribution >= 4 is 5.78 Å². The molecule has 0 aromatic heterocycles. The Morgan fingerprint density at radius 2 is 1.94 bits per heavy atom. The average Bonchev–Trinajstić information content (AvgIpc) is 2.68. The number of Topliss-reactive ketones (excluding diaryl/α,β-unsaturated/α-hetero) is 1. The quantitative estimate of drug-likeness (QED) is 0.702. The summed E-state index contributed by atoms with van der Waals surface area (Å²) in [5.74, 6) is 2.10. The van der Waals surface area contributed by atoms with E-state index in [1.165, 1.54) is 0 Å². The van der Waals surface area contributed by atoms with Gasteiger partial charge in [-0.3, -0.25) is 4.79 Å². The first kappa shape index (κ1) is 11.7. The van der Waals surface area contributed by atoms with E-state index >= 15 is 0 Å². The first-order valence-electron chi connectivity index (χ1n) is 6.99. The molecule has 3 fully saturated rings. The zero-order valence-electron chi connectivity index (χ0n) is 11.4. The van der Waals surface area contributed by atoms with Gasteiger partial charge in [0.05, 0.1) is 6.10 Å². The summed E-state index contributed by atoms with van der Waals surface area (Å²) < 4.78 is 0. The summed E-state index contributed by atoms with van der Waals surface area (Å²) in [5, 5.41) is 10.6. The number of carbonyl (C=O) groups is 1. The standard InChI is InChI=1S/C15H24O2/c1-8-11(16)6-10-5-9-7-14(2,3)13(17)12(9)15(8,10)4/h8-10,12-13,17H,5-7H2,1-4H3/t8-,9?,10?,12?,13-,15-/m0/s1. The number of carbonyl (C=O) groups excluding carboxylic acids is 1. The normalized spacial score (nSPS) is 56.1. The van der Waals surface area contributed by atoms with Crippen LogP contribution in [-0.2, 0) is 4.79 Å². The minimum atomic E-state index is -0.226. The molecule has 0 amide bonds. The molecule has 0 radical (unpaired) electrons. The third kappa shape index (κ3) is 1.23. The molecule has 3 rings (SSSR count). The molecule has 0 saturated heterocycles. The van der Waals surface area contributed by atoms with Crippen molar-refractivity contribution < 1.29 is 9.90 Å². The summed E-state index contributed by atoms with van der Waals surface area (Å²) in [5.41, 5.74) is 0.101. The van der Waals surface area contributed by atoms with E-state index in [0.29, 0.717) is 23.5 Å². The molecule has 3 unspecified atom stereocenters. The lowest BCUT2D eigenvalue weighted by molar-refractivity contribution is -0.123. The second-order valence-electron chi connectivity index (χ2n) is 7.61. The highest BCUT2D eigenvalue weighted by Crippen LogP contribution is 2.68. The van der Waals surface area contributed by atoms with E-state index in [1.54, 1.807) is 0 Å². The van der Waals surface area contributed by atoms with E-state index in [0.717, 1.165) is 19.3 Å². The van der Waals surface area contributed by atoms with E-state index < -0.39 is 0 Å². The number of hydrogen-bond donors (Lipinski definition) is 1. The molecule has 2 heteroatoms. The third-order valence-corrected chi connectivity index (χ3v) is 6.49. The molecule has 3 aliphatic rings. The summed E-state index contributed by atoms with van der Waals surface area (Å²) >= 11 is 0. The fraction of sp³-hybridized carbons (Fsp3) is 0.933. The van der Waals surface area contributed by atoms with Crippen LogP contribution in [0.5, 0.6) is 0 Å². The van der Waals surface area contributed by atoms with E-state index in [-0.39, 0.29) is 22.9 Å². The van der Waals surface area contributed by atoms with Gasteiger partial charge in [0.15, 0.2) is 0 Å². The van der Waals surface area contributed by atoms with Crippen LogP contribution in [0.1, 0.15) is 47.0 Å². The number of aliphatic hydroxyl groups is 1. The van der Waals surface area contributed by atoms with Crippen molar-refractivity contribution in [3.63, 3.8) is 0 Å². The maximum Gasteiger partial charge on any atom is 0.136 e. The Bertz CT molecular complexity index is 373. The lowest BCUT2D eigenvalue weighted by atomic mass is 9.66. The lowest BCUT2D eigenvalue weighted by Gasteiger charge is -2.39. The van der Waals surface area contributed by atoms with Gasteiger partial charge in [-0.25, -0.2) is 0 Å². The number of ketones is 1. The van der Waals surface area contributed by atoms with Gasteiger partial charge in [0, 0.05) is 12.3 Å². The van der Waals surface area contributed by atoms with E-state index in [9.17, 15) is 9.90 Å². The summed E-state index contributed by atoms with van der Waals surface area (Å²) in [6, 6.07) is 0. The van der Waals surface area contributed by atoms with Crippen molar-refractivity contribution in [3.05, 3.63) is 0 Å². The first-order chi connectivity index (χ1) is 7.78. The van der Waals surface area contributed by atoms with Crippen LogP contribution in [0.25, 0.3) is 0 Å². The molecule has 0 bridgehead atoms. The maximum absolute atomic E-state index is 12.0.